The second kappa shape index (κ2) is 9.72. The number of amides is 1. The fraction of sp³-hybridized carbons (Fsp3) is 0.562. The van der Waals surface area contributed by atoms with Crippen LogP contribution in [0.25, 0.3) is 0 Å². The molecule has 3 N–H and O–H groups in total. The first kappa shape index (κ1) is 19.7. The molecule has 0 saturated carbocycles. The van der Waals surface area contributed by atoms with Crippen LogP contribution in [-0.2, 0) is 20.8 Å². The van der Waals surface area contributed by atoms with Gasteiger partial charge in [0, 0.05) is 25.6 Å². The summed E-state index contributed by atoms with van der Waals surface area (Å²) < 4.78 is 16.2. The predicted molar refractivity (Wildman–Crippen MR) is 90.0 cm³/mol. The summed E-state index contributed by atoms with van der Waals surface area (Å²) in [7, 11) is 1.52. The number of benzene rings is 1. The van der Waals surface area contributed by atoms with Crippen molar-refractivity contribution >= 4 is 18.3 Å². The third-order valence-corrected chi connectivity index (χ3v) is 3.54. The van der Waals surface area contributed by atoms with E-state index >= 15 is 0 Å². The van der Waals surface area contributed by atoms with Crippen LogP contribution in [0, 0.1) is 6.92 Å². The highest BCUT2D eigenvalue weighted by Gasteiger charge is 2.19. The van der Waals surface area contributed by atoms with Gasteiger partial charge < -0.3 is 25.3 Å². The van der Waals surface area contributed by atoms with Crippen molar-refractivity contribution in [2.75, 3.05) is 26.9 Å². The zero-order valence-electron chi connectivity index (χ0n) is 13.5. The summed E-state index contributed by atoms with van der Waals surface area (Å²) in [6, 6.07) is 5.27. The Kier molecular flexibility index (Phi) is 8.33. The number of hydrogen-bond donors (Lipinski definition) is 2. The SMILES string of the molecule is COCC(N)C(=O)NCc1ccc(C)cc1OC1CCOC1.Cl. The van der Waals surface area contributed by atoms with Crippen LogP contribution in [0.15, 0.2) is 18.2 Å². The predicted octanol–water partition coefficient (Wildman–Crippen LogP) is 1.17. The first-order valence-corrected chi connectivity index (χ1v) is 7.46. The monoisotopic (exact) mass is 344 g/mol. The van der Waals surface area contributed by atoms with Crippen molar-refractivity contribution in [1.82, 2.24) is 5.32 Å². The summed E-state index contributed by atoms with van der Waals surface area (Å²) in [6.45, 7) is 3.92. The Morgan fingerprint density at radius 3 is 2.96 bits per heavy atom. The van der Waals surface area contributed by atoms with Crippen molar-refractivity contribution in [3.63, 3.8) is 0 Å². The summed E-state index contributed by atoms with van der Waals surface area (Å²) in [5, 5.41) is 2.81. The van der Waals surface area contributed by atoms with Gasteiger partial charge in [0.1, 0.15) is 17.9 Å². The van der Waals surface area contributed by atoms with E-state index in [1.165, 1.54) is 7.11 Å². The molecule has 1 amide bonds. The highest BCUT2D eigenvalue weighted by molar-refractivity contribution is 5.85. The Labute approximate surface area is 143 Å². The maximum Gasteiger partial charge on any atom is 0.239 e. The minimum absolute atomic E-state index is 0. The van der Waals surface area contributed by atoms with E-state index in [1.54, 1.807) is 0 Å². The molecule has 0 bridgehead atoms. The molecule has 1 aromatic carbocycles. The van der Waals surface area contributed by atoms with Gasteiger partial charge in [-0.1, -0.05) is 12.1 Å². The van der Waals surface area contributed by atoms with Gasteiger partial charge in [0.2, 0.25) is 5.91 Å². The van der Waals surface area contributed by atoms with Gasteiger partial charge in [-0.05, 0) is 18.6 Å². The minimum Gasteiger partial charge on any atom is -0.488 e. The van der Waals surface area contributed by atoms with Gasteiger partial charge in [-0.2, -0.15) is 0 Å². The van der Waals surface area contributed by atoms with E-state index < -0.39 is 6.04 Å². The number of carbonyl (C=O) groups excluding carboxylic acids is 1. The molecule has 6 nitrogen and oxygen atoms in total. The van der Waals surface area contributed by atoms with E-state index in [-0.39, 0.29) is 31.0 Å². The molecule has 2 atom stereocenters. The summed E-state index contributed by atoms with van der Waals surface area (Å²) >= 11 is 0. The second-order valence-corrected chi connectivity index (χ2v) is 5.49. The van der Waals surface area contributed by atoms with Crippen LogP contribution >= 0.6 is 12.4 Å². The van der Waals surface area contributed by atoms with Crippen LogP contribution in [0.3, 0.4) is 0 Å². The lowest BCUT2D eigenvalue weighted by Gasteiger charge is -2.17. The first-order valence-electron chi connectivity index (χ1n) is 7.46. The van der Waals surface area contributed by atoms with E-state index in [2.05, 4.69) is 5.32 Å². The molecule has 1 heterocycles. The molecule has 2 rings (SSSR count). The Hall–Kier alpha value is -1.34. The Balaban J connectivity index is 0.00000264. The molecule has 2 unspecified atom stereocenters. The number of methoxy groups -OCH3 is 1. The number of carbonyl (C=O) groups is 1. The fourth-order valence-electron chi connectivity index (χ4n) is 2.27. The van der Waals surface area contributed by atoms with E-state index in [0.29, 0.717) is 13.2 Å². The Bertz CT molecular complexity index is 507. The molecule has 1 aliphatic heterocycles. The van der Waals surface area contributed by atoms with E-state index in [4.69, 9.17) is 19.9 Å². The topological polar surface area (TPSA) is 82.8 Å². The average molecular weight is 345 g/mol. The lowest BCUT2D eigenvalue weighted by atomic mass is 10.1. The van der Waals surface area contributed by atoms with Gasteiger partial charge in [0.25, 0.3) is 0 Å². The third-order valence-electron chi connectivity index (χ3n) is 3.54. The summed E-state index contributed by atoms with van der Waals surface area (Å²) in [5.74, 6) is 0.550. The summed E-state index contributed by atoms with van der Waals surface area (Å²) in [6.07, 6.45) is 0.963. The van der Waals surface area contributed by atoms with Crippen molar-refractivity contribution in [1.29, 1.82) is 0 Å². The quantitative estimate of drug-likeness (QED) is 0.776. The van der Waals surface area contributed by atoms with Gasteiger partial charge in [-0.3, -0.25) is 4.79 Å². The molecular formula is C16H25ClN2O4. The largest absolute Gasteiger partial charge is 0.488 e. The maximum absolute atomic E-state index is 11.9. The number of halogens is 1. The molecule has 0 aliphatic carbocycles. The minimum atomic E-state index is -0.664. The highest BCUT2D eigenvalue weighted by Crippen LogP contribution is 2.23. The number of nitrogens with two attached hydrogens (primary N) is 1. The van der Waals surface area contributed by atoms with Gasteiger partial charge in [0.15, 0.2) is 0 Å². The van der Waals surface area contributed by atoms with Crippen LogP contribution in [0.5, 0.6) is 5.75 Å². The smallest absolute Gasteiger partial charge is 0.239 e. The molecule has 1 saturated heterocycles. The van der Waals surface area contributed by atoms with Crippen molar-refractivity contribution in [2.24, 2.45) is 5.73 Å². The Morgan fingerprint density at radius 2 is 2.30 bits per heavy atom. The molecule has 0 radical (unpaired) electrons. The van der Waals surface area contributed by atoms with Crippen molar-refractivity contribution in [3.05, 3.63) is 29.3 Å². The number of hydrogen-bond acceptors (Lipinski definition) is 5. The Morgan fingerprint density at radius 1 is 1.52 bits per heavy atom. The lowest BCUT2D eigenvalue weighted by molar-refractivity contribution is -0.123. The molecule has 1 aliphatic rings. The molecule has 1 aromatic rings. The van der Waals surface area contributed by atoms with Crippen LogP contribution in [0.4, 0.5) is 0 Å². The van der Waals surface area contributed by atoms with E-state index in [9.17, 15) is 4.79 Å². The normalized spacial score (nSPS) is 18.1. The van der Waals surface area contributed by atoms with E-state index in [0.717, 1.165) is 29.9 Å². The first-order chi connectivity index (χ1) is 10.6. The zero-order valence-corrected chi connectivity index (χ0v) is 14.4. The fourth-order valence-corrected chi connectivity index (χ4v) is 2.27. The lowest BCUT2D eigenvalue weighted by Crippen LogP contribution is -2.43. The van der Waals surface area contributed by atoms with Crippen molar-refractivity contribution in [3.8, 4) is 5.75 Å². The summed E-state index contributed by atoms with van der Waals surface area (Å²) in [4.78, 5) is 11.9. The van der Waals surface area contributed by atoms with Gasteiger partial charge in [0.05, 0.1) is 19.8 Å². The molecule has 7 heteroatoms. The number of nitrogens with one attached hydrogen (secondary N) is 1. The molecule has 130 valence electrons. The van der Waals surface area contributed by atoms with Crippen LogP contribution in [0.2, 0.25) is 0 Å². The second-order valence-electron chi connectivity index (χ2n) is 5.49. The molecule has 1 fully saturated rings. The average Bonchev–Trinajstić information content (AvgIpc) is 2.99. The van der Waals surface area contributed by atoms with Crippen LogP contribution < -0.4 is 15.8 Å². The summed E-state index contributed by atoms with van der Waals surface area (Å²) in [5.41, 5.74) is 7.74. The van der Waals surface area contributed by atoms with Crippen LogP contribution in [0.1, 0.15) is 17.5 Å². The number of rotatable bonds is 7. The van der Waals surface area contributed by atoms with Crippen LogP contribution in [-0.4, -0.2) is 45.0 Å². The van der Waals surface area contributed by atoms with Gasteiger partial charge >= 0.3 is 0 Å². The third kappa shape index (κ3) is 5.99. The van der Waals surface area contributed by atoms with Gasteiger partial charge in [-0.15, -0.1) is 12.4 Å². The zero-order chi connectivity index (χ0) is 15.9. The molecule has 23 heavy (non-hydrogen) atoms. The molecule has 0 aromatic heterocycles. The molecular weight excluding hydrogens is 320 g/mol. The maximum atomic E-state index is 11.9. The standard InChI is InChI=1S/C16H24N2O4.ClH/c1-11-3-4-12(8-18-16(19)14(17)10-20-2)15(7-11)22-13-5-6-21-9-13;/h3-4,7,13-14H,5-6,8-10,17H2,1-2H3,(H,18,19);1H. The number of aryl methyl sites for hydroxylation is 1. The van der Waals surface area contributed by atoms with E-state index in [1.807, 2.05) is 25.1 Å². The van der Waals surface area contributed by atoms with Crippen molar-refractivity contribution < 1.29 is 19.0 Å². The molecule has 0 spiro atoms. The number of ether oxygens (including phenoxy) is 3. The van der Waals surface area contributed by atoms with Gasteiger partial charge in [-0.25, -0.2) is 0 Å². The highest BCUT2D eigenvalue weighted by atomic mass is 35.5. The van der Waals surface area contributed by atoms with Crippen molar-refractivity contribution in [2.45, 2.75) is 32.0 Å².